The van der Waals surface area contributed by atoms with Crippen LogP contribution < -0.4 is 0 Å². The fraction of sp³-hybridized carbons (Fsp3) is 0.0769. The van der Waals surface area contributed by atoms with Gasteiger partial charge < -0.3 is 10.2 Å². The molecule has 3 aromatic rings. The number of halogens is 1. The molecule has 0 spiro atoms. The van der Waals surface area contributed by atoms with Gasteiger partial charge in [-0.05, 0) is 36.4 Å². The number of nitrogens with zero attached hydrogens (tertiary/aromatic N) is 3. The van der Waals surface area contributed by atoms with Crippen molar-refractivity contribution in [2.45, 2.75) is 6.29 Å². The lowest BCUT2D eigenvalue weighted by Gasteiger charge is -2.01. The third-order valence-corrected chi connectivity index (χ3v) is 2.74. The Morgan fingerprint density at radius 1 is 1.05 bits per heavy atom. The number of hydrogen-bond acceptors (Lipinski definition) is 4. The second kappa shape index (κ2) is 4.42. The molecule has 0 fully saturated rings. The minimum atomic E-state index is -1.63. The van der Waals surface area contributed by atoms with Gasteiger partial charge >= 0.3 is 0 Å². The van der Waals surface area contributed by atoms with E-state index in [0.717, 1.165) is 5.56 Å². The van der Waals surface area contributed by atoms with Crippen LogP contribution in [0.2, 0.25) is 0 Å². The van der Waals surface area contributed by atoms with Gasteiger partial charge in [0.2, 0.25) is 0 Å². The molecule has 0 unspecified atom stereocenters. The fourth-order valence-electron chi connectivity index (χ4n) is 1.80. The maximum atomic E-state index is 12.9. The average Bonchev–Trinajstić information content (AvgIpc) is 2.82. The summed E-state index contributed by atoms with van der Waals surface area (Å²) in [5.74, 6) is -0.307. The molecule has 0 aliphatic rings. The summed E-state index contributed by atoms with van der Waals surface area (Å²) in [6.45, 7) is 0. The zero-order chi connectivity index (χ0) is 13.4. The second-order valence-electron chi connectivity index (χ2n) is 4.07. The second-order valence-corrected chi connectivity index (χ2v) is 4.07. The van der Waals surface area contributed by atoms with Gasteiger partial charge in [-0.3, -0.25) is 0 Å². The van der Waals surface area contributed by atoms with Gasteiger partial charge in [0.05, 0.1) is 11.9 Å². The van der Waals surface area contributed by atoms with Crippen LogP contribution in [0.1, 0.15) is 12.0 Å². The van der Waals surface area contributed by atoms with Crippen molar-refractivity contribution >= 4 is 5.65 Å². The summed E-state index contributed by atoms with van der Waals surface area (Å²) >= 11 is 0. The Balaban J connectivity index is 2.08. The monoisotopic (exact) mass is 259 g/mol. The van der Waals surface area contributed by atoms with Gasteiger partial charge in [-0.1, -0.05) is 0 Å². The molecule has 19 heavy (non-hydrogen) atoms. The molecule has 0 aliphatic carbocycles. The van der Waals surface area contributed by atoms with Crippen molar-refractivity contribution < 1.29 is 14.6 Å². The van der Waals surface area contributed by atoms with Gasteiger partial charge in [-0.15, -0.1) is 0 Å². The molecule has 0 atom stereocenters. The Morgan fingerprint density at radius 3 is 2.47 bits per heavy atom. The highest BCUT2D eigenvalue weighted by Crippen LogP contribution is 2.18. The molecule has 0 bridgehead atoms. The molecule has 2 aromatic heterocycles. The highest BCUT2D eigenvalue weighted by Gasteiger charge is 2.09. The Kier molecular flexibility index (Phi) is 2.73. The molecule has 2 N–H and O–H groups in total. The number of fused-ring (bicyclic) bond motifs is 1. The molecular formula is C13H10FN3O2. The molecule has 0 radical (unpaired) electrons. The maximum Gasteiger partial charge on any atom is 0.197 e. The summed E-state index contributed by atoms with van der Waals surface area (Å²) < 4.78 is 14.3. The predicted octanol–water partition coefficient (Wildman–Crippen LogP) is 1.52. The molecule has 1 aromatic carbocycles. The van der Waals surface area contributed by atoms with E-state index in [0.29, 0.717) is 11.3 Å². The molecule has 96 valence electrons. The van der Waals surface area contributed by atoms with E-state index in [4.69, 9.17) is 10.2 Å². The molecule has 0 amide bonds. The van der Waals surface area contributed by atoms with Gasteiger partial charge in [0, 0.05) is 5.56 Å². The van der Waals surface area contributed by atoms with Gasteiger partial charge in [0.1, 0.15) is 11.5 Å². The highest BCUT2D eigenvalue weighted by atomic mass is 19.1. The SMILES string of the molecule is OC(O)c1cn2nc(-c3ccc(F)cc3)ccc2n1. The number of imidazole rings is 1. The van der Waals surface area contributed by atoms with Gasteiger partial charge in [-0.25, -0.2) is 13.9 Å². The first-order valence-electron chi connectivity index (χ1n) is 5.62. The zero-order valence-corrected chi connectivity index (χ0v) is 9.73. The predicted molar refractivity (Wildman–Crippen MR) is 65.6 cm³/mol. The first kappa shape index (κ1) is 11.8. The topological polar surface area (TPSA) is 70.7 Å². The Labute approximate surface area is 107 Å². The van der Waals surface area contributed by atoms with Crippen molar-refractivity contribution in [3.8, 4) is 11.3 Å². The van der Waals surface area contributed by atoms with E-state index in [1.165, 1.54) is 22.8 Å². The lowest BCUT2D eigenvalue weighted by Crippen LogP contribution is -1.94. The summed E-state index contributed by atoms with van der Waals surface area (Å²) in [5.41, 5.74) is 2.05. The Bertz CT molecular complexity index is 722. The van der Waals surface area contributed by atoms with Crippen LogP contribution in [-0.2, 0) is 0 Å². The van der Waals surface area contributed by atoms with Crippen LogP contribution in [0.25, 0.3) is 16.9 Å². The normalized spacial score (nSPS) is 11.4. The summed E-state index contributed by atoms with van der Waals surface area (Å²) in [7, 11) is 0. The number of aliphatic hydroxyl groups is 2. The Morgan fingerprint density at radius 2 is 1.79 bits per heavy atom. The van der Waals surface area contributed by atoms with Crippen LogP contribution in [0.5, 0.6) is 0 Å². The van der Waals surface area contributed by atoms with E-state index in [1.807, 2.05) is 0 Å². The largest absolute Gasteiger partial charge is 0.363 e. The number of rotatable bonds is 2. The van der Waals surface area contributed by atoms with Crippen LogP contribution in [0, 0.1) is 5.82 Å². The third-order valence-electron chi connectivity index (χ3n) is 2.74. The van der Waals surface area contributed by atoms with E-state index in [9.17, 15) is 4.39 Å². The first-order valence-corrected chi connectivity index (χ1v) is 5.62. The summed E-state index contributed by atoms with van der Waals surface area (Å²) in [5, 5.41) is 22.4. The molecule has 5 nitrogen and oxygen atoms in total. The van der Waals surface area contributed by atoms with Crippen LogP contribution in [0.3, 0.4) is 0 Å². The zero-order valence-electron chi connectivity index (χ0n) is 9.73. The van der Waals surface area contributed by atoms with E-state index < -0.39 is 6.29 Å². The van der Waals surface area contributed by atoms with E-state index >= 15 is 0 Å². The van der Waals surface area contributed by atoms with Crippen molar-refractivity contribution in [1.29, 1.82) is 0 Å². The lowest BCUT2D eigenvalue weighted by atomic mass is 10.1. The van der Waals surface area contributed by atoms with Crippen LogP contribution in [0.4, 0.5) is 4.39 Å². The molecule has 0 aliphatic heterocycles. The van der Waals surface area contributed by atoms with E-state index in [1.54, 1.807) is 24.3 Å². The van der Waals surface area contributed by atoms with Gasteiger partial charge in [-0.2, -0.15) is 5.10 Å². The summed E-state index contributed by atoms with van der Waals surface area (Å²) in [6, 6.07) is 9.42. The molecular weight excluding hydrogens is 249 g/mol. The Hall–Kier alpha value is -2.31. The highest BCUT2D eigenvalue weighted by molar-refractivity contribution is 5.60. The number of benzene rings is 1. The van der Waals surface area contributed by atoms with Crippen molar-refractivity contribution in [2.75, 3.05) is 0 Å². The van der Waals surface area contributed by atoms with E-state index in [-0.39, 0.29) is 11.5 Å². The minimum Gasteiger partial charge on any atom is -0.363 e. The van der Waals surface area contributed by atoms with Gasteiger partial charge in [0.25, 0.3) is 0 Å². The van der Waals surface area contributed by atoms with Crippen LogP contribution in [-0.4, -0.2) is 24.8 Å². The fourth-order valence-corrected chi connectivity index (χ4v) is 1.80. The van der Waals surface area contributed by atoms with Crippen LogP contribution >= 0.6 is 0 Å². The smallest absolute Gasteiger partial charge is 0.197 e. The maximum absolute atomic E-state index is 12.9. The lowest BCUT2D eigenvalue weighted by molar-refractivity contribution is -0.0454. The average molecular weight is 259 g/mol. The summed E-state index contributed by atoms with van der Waals surface area (Å²) in [6.07, 6.45) is -0.191. The third kappa shape index (κ3) is 2.18. The standard InChI is InChI=1S/C13H10FN3O2/c14-9-3-1-8(2-4-9)10-5-6-12-15-11(13(18)19)7-17(12)16-10/h1-7,13,18-19H. The molecule has 3 rings (SSSR count). The number of aliphatic hydroxyl groups excluding tert-OH is 1. The number of hydrogen-bond donors (Lipinski definition) is 2. The molecule has 0 saturated heterocycles. The van der Waals surface area contributed by atoms with E-state index in [2.05, 4.69) is 10.1 Å². The molecule has 0 saturated carbocycles. The van der Waals surface area contributed by atoms with Crippen molar-refractivity contribution in [3.05, 3.63) is 54.1 Å². The quantitative estimate of drug-likeness (QED) is 0.684. The van der Waals surface area contributed by atoms with Crippen molar-refractivity contribution in [1.82, 2.24) is 14.6 Å². The van der Waals surface area contributed by atoms with Crippen molar-refractivity contribution in [3.63, 3.8) is 0 Å². The number of aromatic nitrogens is 3. The molecule has 2 heterocycles. The van der Waals surface area contributed by atoms with Gasteiger partial charge in [0.15, 0.2) is 11.9 Å². The summed E-state index contributed by atoms with van der Waals surface area (Å²) in [4.78, 5) is 4.00. The molecule has 6 heteroatoms. The first-order chi connectivity index (χ1) is 9.13. The minimum absolute atomic E-state index is 0.128. The van der Waals surface area contributed by atoms with Crippen LogP contribution in [0.15, 0.2) is 42.6 Å². The van der Waals surface area contributed by atoms with Crippen molar-refractivity contribution in [2.24, 2.45) is 0 Å².